The molecule has 0 unspecified atom stereocenters. The number of aromatic nitrogens is 3. The fraction of sp³-hybridized carbons (Fsp3) is 0.385. The van der Waals surface area contributed by atoms with Crippen LogP contribution in [-0.4, -0.2) is 21.1 Å². The van der Waals surface area contributed by atoms with Gasteiger partial charge in [-0.1, -0.05) is 22.6 Å². The van der Waals surface area contributed by atoms with Crippen molar-refractivity contribution in [1.29, 1.82) is 0 Å². The van der Waals surface area contributed by atoms with Gasteiger partial charge in [0.2, 0.25) is 0 Å². The number of nitrogens with two attached hydrogens (primary N) is 1. The molecule has 2 aromatic heterocycles. The molecule has 0 atom stereocenters. The van der Waals surface area contributed by atoms with Gasteiger partial charge in [0.25, 0.3) is 0 Å². The van der Waals surface area contributed by atoms with Crippen LogP contribution in [0, 0.1) is 0 Å². The summed E-state index contributed by atoms with van der Waals surface area (Å²) in [6.07, 6.45) is 7.98. The Hall–Kier alpha value is -0.950. The van der Waals surface area contributed by atoms with Gasteiger partial charge in [-0.3, -0.25) is 4.98 Å². The van der Waals surface area contributed by atoms with E-state index in [9.17, 15) is 0 Å². The molecule has 0 amide bonds. The smallest absolute Gasteiger partial charge is 0.0953 e. The van der Waals surface area contributed by atoms with Crippen molar-refractivity contribution in [3.63, 3.8) is 0 Å². The molecule has 2 N–H and O–H groups in total. The lowest BCUT2D eigenvalue weighted by Gasteiger charge is -2.00. The largest absolute Gasteiger partial charge is 0.337 e. The first-order valence-corrected chi connectivity index (χ1v) is 7.59. The Bertz CT molecular complexity index is 478. The molecule has 5 heteroatoms. The Balaban J connectivity index is 2.04. The number of imidazole rings is 1. The minimum atomic E-state index is 0.753. The SMILES string of the molecule is NCCCCn1cnc(-c2ccc(CI)nc2)c1. The number of hydrogen-bond acceptors (Lipinski definition) is 3. The van der Waals surface area contributed by atoms with Crippen molar-refractivity contribution in [1.82, 2.24) is 14.5 Å². The van der Waals surface area contributed by atoms with Gasteiger partial charge in [-0.25, -0.2) is 4.98 Å². The third-order valence-corrected chi connectivity index (χ3v) is 3.54. The number of halogens is 1. The van der Waals surface area contributed by atoms with Gasteiger partial charge in [0.1, 0.15) is 0 Å². The highest BCUT2D eigenvalue weighted by atomic mass is 127. The summed E-state index contributed by atoms with van der Waals surface area (Å²) < 4.78 is 3.04. The molecule has 0 bridgehead atoms. The summed E-state index contributed by atoms with van der Waals surface area (Å²) >= 11 is 2.31. The van der Waals surface area contributed by atoms with E-state index in [0.717, 1.165) is 47.3 Å². The molecule has 0 aromatic carbocycles. The standard InChI is InChI=1S/C13H17IN4/c14-7-12-4-3-11(8-16-12)13-9-18(10-17-13)6-2-1-5-15/h3-4,8-10H,1-2,5-7,15H2. The lowest BCUT2D eigenvalue weighted by atomic mass is 10.2. The minimum absolute atomic E-state index is 0.753. The van der Waals surface area contributed by atoms with Crippen molar-refractivity contribution in [3.8, 4) is 11.3 Å². The molecule has 0 spiro atoms. The summed E-state index contributed by atoms with van der Waals surface area (Å²) in [6, 6.07) is 4.13. The van der Waals surface area contributed by atoms with Crippen molar-refractivity contribution in [2.75, 3.05) is 6.54 Å². The van der Waals surface area contributed by atoms with Crippen molar-refractivity contribution >= 4 is 22.6 Å². The van der Waals surface area contributed by atoms with Crippen LogP contribution in [0.25, 0.3) is 11.3 Å². The summed E-state index contributed by atoms with van der Waals surface area (Å²) in [6.45, 7) is 1.73. The van der Waals surface area contributed by atoms with E-state index in [2.05, 4.69) is 55.5 Å². The molecule has 2 aromatic rings. The Morgan fingerprint density at radius 1 is 1.22 bits per heavy atom. The highest BCUT2D eigenvalue weighted by Gasteiger charge is 2.02. The number of aryl methyl sites for hydroxylation is 1. The van der Waals surface area contributed by atoms with Crippen LogP contribution in [0.1, 0.15) is 18.5 Å². The van der Waals surface area contributed by atoms with Crippen LogP contribution in [0.4, 0.5) is 0 Å². The second-order valence-electron chi connectivity index (χ2n) is 4.16. The molecule has 0 saturated carbocycles. The summed E-state index contributed by atoms with van der Waals surface area (Å²) in [4.78, 5) is 8.80. The highest BCUT2D eigenvalue weighted by Crippen LogP contribution is 2.17. The molecule has 18 heavy (non-hydrogen) atoms. The summed E-state index contributed by atoms with van der Waals surface area (Å²) in [7, 11) is 0. The van der Waals surface area contributed by atoms with Gasteiger partial charge in [-0.15, -0.1) is 0 Å². The molecular formula is C13H17IN4. The molecular weight excluding hydrogens is 339 g/mol. The third-order valence-electron chi connectivity index (χ3n) is 2.76. The van der Waals surface area contributed by atoms with E-state index in [0.29, 0.717) is 0 Å². The second-order valence-corrected chi connectivity index (χ2v) is 4.93. The van der Waals surface area contributed by atoms with Crippen molar-refractivity contribution < 1.29 is 0 Å². The average molecular weight is 356 g/mol. The van der Waals surface area contributed by atoms with E-state index in [4.69, 9.17) is 5.73 Å². The highest BCUT2D eigenvalue weighted by molar-refractivity contribution is 14.1. The van der Waals surface area contributed by atoms with Gasteiger partial charge in [-0.2, -0.15) is 0 Å². The Kier molecular flexibility index (Phi) is 5.12. The van der Waals surface area contributed by atoms with Gasteiger partial charge in [-0.05, 0) is 31.5 Å². The maximum Gasteiger partial charge on any atom is 0.0953 e. The molecule has 0 aliphatic heterocycles. The predicted octanol–water partition coefficient (Wildman–Crippen LogP) is 2.62. The van der Waals surface area contributed by atoms with Crippen LogP contribution in [0.3, 0.4) is 0 Å². The van der Waals surface area contributed by atoms with Gasteiger partial charge < -0.3 is 10.3 Å². The van der Waals surface area contributed by atoms with Gasteiger partial charge in [0.15, 0.2) is 0 Å². The van der Waals surface area contributed by atoms with Crippen LogP contribution in [0.5, 0.6) is 0 Å². The zero-order chi connectivity index (χ0) is 12.8. The Labute approximate surface area is 121 Å². The van der Waals surface area contributed by atoms with Gasteiger partial charge in [0.05, 0.1) is 17.7 Å². The summed E-state index contributed by atoms with van der Waals surface area (Å²) in [5.74, 6) is 0. The van der Waals surface area contributed by atoms with E-state index in [1.807, 2.05) is 12.5 Å². The molecule has 0 aliphatic rings. The molecule has 4 nitrogen and oxygen atoms in total. The molecule has 0 aliphatic carbocycles. The number of hydrogen-bond donors (Lipinski definition) is 1. The first-order chi connectivity index (χ1) is 8.83. The predicted molar refractivity (Wildman–Crippen MR) is 81.5 cm³/mol. The van der Waals surface area contributed by atoms with Crippen molar-refractivity contribution in [2.45, 2.75) is 23.8 Å². The van der Waals surface area contributed by atoms with E-state index in [1.165, 1.54) is 0 Å². The van der Waals surface area contributed by atoms with Crippen molar-refractivity contribution in [3.05, 3.63) is 36.5 Å². The lowest BCUT2D eigenvalue weighted by Crippen LogP contribution is -2.01. The number of pyridine rings is 1. The second kappa shape index (κ2) is 6.84. The van der Waals surface area contributed by atoms with Crippen LogP contribution < -0.4 is 5.73 Å². The molecule has 2 heterocycles. The quantitative estimate of drug-likeness (QED) is 0.492. The Morgan fingerprint density at radius 3 is 2.78 bits per heavy atom. The first-order valence-electron chi connectivity index (χ1n) is 6.06. The molecule has 96 valence electrons. The first kappa shape index (κ1) is 13.5. The van der Waals surface area contributed by atoms with E-state index in [1.54, 1.807) is 0 Å². The van der Waals surface area contributed by atoms with Gasteiger partial charge >= 0.3 is 0 Å². The fourth-order valence-corrected chi connectivity index (χ4v) is 2.18. The van der Waals surface area contributed by atoms with Crippen LogP contribution in [0.15, 0.2) is 30.9 Å². The van der Waals surface area contributed by atoms with Crippen LogP contribution in [0.2, 0.25) is 0 Å². The van der Waals surface area contributed by atoms with E-state index in [-0.39, 0.29) is 0 Å². The fourth-order valence-electron chi connectivity index (χ4n) is 1.73. The third kappa shape index (κ3) is 3.52. The monoisotopic (exact) mass is 356 g/mol. The maximum absolute atomic E-state index is 5.48. The summed E-state index contributed by atoms with van der Waals surface area (Å²) in [5, 5.41) is 0. The van der Waals surface area contributed by atoms with Crippen molar-refractivity contribution in [2.24, 2.45) is 5.73 Å². The zero-order valence-electron chi connectivity index (χ0n) is 10.2. The Morgan fingerprint density at radius 2 is 2.11 bits per heavy atom. The van der Waals surface area contributed by atoms with E-state index >= 15 is 0 Å². The average Bonchev–Trinajstić information content (AvgIpc) is 2.88. The summed E-state index contributed by atoms with van der Waals surface area (Å²) in [5.41, 5.74) is 8.63. The molecule has 0 fully saturated rings. The normalized spacial score (nSPS) is 10.8. The number of alkyl halides is 1. The van der Waals surface area contributed by atoms with Crippen LogP contribution >= 0.6 is 22.6 Å². The van der Waals surface area contributed by atoms with Gasteiger partial charge in [0, 0.05) is 28.9 Å². The number of nitrogens with zero attached hydrogens (tertiary/aromatic N) is 3. The van der Waals surface area contributed by atoms with Crippen LogP contribution in [-0.2, 0) is 11.0 Å². The number of unbranched alkanes of at least 4 members (excludes halogenated alkanes) is 1. The lowest BCUT2D eigenvalue weighted by molar-refractivity contribution is 0.614. The molecule has 0 radical (unpaired) electrons. The van der Waals surface area contributed by atoms with E-state index < -0.39 is 0 Å². The number of rotatable bonds is 6. The topological polar surface area (TPSA) is 56.7 Å². The minimum Gasteiger partial charge on any atom is -0.337 e. The molecule has 0 saturated heterocycles. The maximum atomic E-state index is 5.48. The molecule has 2 rings (SSSR count). The zero-order valence-corrected chi connectivity index (χ0v) is 12.4.